The molecule has 5 heteroatoms. The SMILES string of the molecule is O=C(O)CC1(CCc2cc(Br)sc2Br)CCCC1. The maximum Gasteiger partial charge on any atom is 0.303 e. The Labute approximate surface area is 128 Å². The number of carboxylic acids is 1. The van der Waals surface area contributed by atoms with Gasteiger partial charge >= 0.3 is 5.97 Å². The highest BCUT2D eigenvalue weighted by Gasteiger charge is 2.35. The highest BCUT2D eigenvalue weighted by Crippen LogP contribution is 2.45. The van der Waals surface area contributed by atoms with Crippen molar-refractivity contribution in [1.29, 1.82) is 0 Å². The van der Waals surface area contributed by atoms with E-state index in [1.54, 1.807) is 11.3 Å². The number of halogens is 2. The van der Waals surface area contributed by atoms with E-state index in [2.05, 4.69) is 37.9 Å². The fourth-order valence-corrected chi connectivity index (χ4v) is 5.82. The highest BCUT2D eigenvalue weighted by molar-refractivity contribution is 9.12. The molecular weight excluding hydrogens is 380 g/mol. The quantitative estimate of drug-likeness (QED) is 0.739. The Morgan fingerprint density at radius 3 is 2.56 bits per heavy atom. The van der Waals surface area contributed by atoms with Crippen molar-refractivity contribution in [3.05, 3.63) is 19.2 Å². The van der Waals surface area contributed by atoms with Crippen LogP contribution in [0.1, 0.15) is 44.1 Å². The van der Waals surface area contributed by atoms with Crippen LogP contribution in [0, 0.1) is 5.41 Å². The Morgan fingerprint density at radius 2 is 2.06 bits per heavy atom. The number of thiophene rings is 1. The van der Waals surface area contributed by atoms with Gasteiger partial charge in [-0.25, -0.2) is 0 Å². The fraction of sp³-hybridized carbons (Fsp3) is 0.615. The average molecular weight is 396 g/mol. The maximum atomic E-state index is 11.0. The van der Waals surface area contributed by atoms with Crippen LogP contribution in [0.2, 0.25) is 0 Å². The van der Waals surface area contributed by atoms with Gasteiger partial charge < -0.3 is 5.11 Å². The molecule has 18 heavy (non-hydrogen) atoms. The Kier molecular flexibility index (Phi) is 4.89. The number of aryl methyl sites for hydroxylation is 1. The molecule has 0 unspecified atom stereocenters. The van der Waals surface area contributed by atoms with E-state index in [1.807, 2.05) is 0 Å². The lowest BCUT2D eigenvalue weighted by atomic mass is 9.78. The number of aliphatic carboxylic acids is 1. The standard InChI is InChI=1S/C13H16Br2O2S/c14-10-7-9(12(15)18-10)3-6-13(8-11(16)17)4-1-2-5-13/h7H,1-6,8H2,(H,16,17). The summed E-state index contributed by atoms with van der Waals surface area (Å²) in [5.41, 5.74) is 1.34. The third-order valence-corrected chi connectivity index (χ3v) is 6.31. The van der Waals surface area contributed by atoms with E-state index in [4.69, 9.17) is 5.11 Å². The molecule has 1 aliphatic rings. The Morgan fingerprint density at radius 1 is 1.39 bits per heavy atom. The number of carbonyl (C=O) groups is 1. The second-order valence-electron chi connectivity index (χ2n) is 5.13. The molecule has 0 aromatic carbocycles. The van der Waals surface area contributed by atoms with Gasteiger partial charge in [0.05, 0.1) is 14.0 Å². The normalized spacial score (nSPS) is 18.1. The maximum absolute atomic E-state index is 11.0. The largest absolute Gasteiger partial charge is 0.481 e. The molecule has 0 amide bonds. The molecule has 1 aromatic heterocycles. The predicted octanol–water partition coefficient (Wildman–Crippen LogP) is 5.24. The monoisotopic (exact) mass is 394 g/mol. The van der Waals surface area contributed by atoms with Crippen LogP contribution in [-0.2, 0) is 11.2 Å². The zero-order chi connectivity index (χ0) is 13.2. The second kappa shape index (κ2) is 6.06. The third kappa shape index (κ3) is 3.58. The summed E-state index contributed by atoms with van der Waals surface area (Å²) in [6, 6.07) is 2.14. The molecule has 0 aliphatic heterocycles. The van der Waals surface area contributed by atoms with E-state index in [-0.39, 0.29) is 5.41 Å². The summed E-state index contributed by atoms with van der Waals surface area (Å²) in [5, 5.41) is 9.08. The smallest absolute Gasteiger partial charge is 0.303 e. The molecule has 1 aromatic rings. The first-order valence-electron chi connectivity index (χ1n) is 6.16. The molecule has 1 heterocycles. The molecule has 0 spiro atoms. The van der Waals surface area contributed by atoms with Gasteiger partial charge in [-0.1, -0.05) is 12.8 Å². The molecule has 2 nitrogen and oxygen atoms in total. The van der Waals surface area contributed by atoms with Gasteiger partial charge in [-0.3, -0.25) is 4.79 Å². The van der Waals surface area contributed by atoms with Crippen LogP contribution in [0.5, 0.6) is 0 Å². The molecule has 1 saturated carbocycles. The van der Waals surface area contributed by atoms with Crippen molar-refractivity contribution >= 4 is 49.2 Å². The molecule has 0 atom stereocenters. The molecule has 0 bridgehead atoms. The van der Waals surface area contributed by atoms with E-state index in [0.29, 0.717) is 6.42 Å². The van der Waals surface area contributed by atoms with Crippen molar-refractivity contribution in [3.63, 3.8) is 0 Å². The predicted molar refractivity (Wildman–Crippen MR) is 81.2 cm³/mol. The Balaban J connectivity index is 2.02. The fourth-order valence-electron chi connectivity index (χ4n) is 2.91. The molecular formula is C13H16Br2O2S. The van der Waals surface area contributed by atoms with E-state index in [9.17, 15) is 4.79 Å². The van der Waals surface area contributed by atoms with Crippen LogP contribution in [-0.4, -0.2) is 11.1 Å². The number of hydrogen-bond donors (Lipinski definition) is 1. The van der Waals surface area contributed by atoms with Crippen molar-refractivity contribution in [3.8, 4) is 0 Å². The van der Waals surface area contributed by atoms with Crippen LogP contribution >= 0.6 is 43.2 Å². The van der Waals surface area contributed by atoms with Crippen molar-refractivity contribution in [2.75, 3.05) is 0 Å². The van der Waals surface area contributed by atoms with Crippen molar-refractivity contribution in [2.45, 2.75) is 44.9 Å². The number of carboxylic acid groups (broad SMARTS) is 1. The molecule has 0 saturated heterocycles. The summed E-state index contributed by atoms with van der Waals surface area (Å²) >= 11 is 8.73. The van der Waals surface area contributed by atoms with Crippen molar-refractivity contribution in [1.82, 2.24) is 0 Å². The van der Waals surface area contributed by atoms with Gasteiger partial charge in [0.2, 0.25) is 0 Å². The minimum absolute atomic E-state index is 0.0414. The van der Waals surface area contributed by atoms with E-state index >= 15 is 0 Å². The Hall–Kier alpha value is 0.130. The first-order chi connectivity index (χ1) is 8.51. The zero-order valence-corrected chi connectivity index (χ0v) is 14.0. The summed E-state index contributed by atoms with van der Waals surface area (Å²) < 4.78 is 2.29. The number of rotatable bonds is 5. The van der Waals surface area contributed by atoms with Crippen molar-refractivity contribution in [2.24, 2.45) is 5.41 Å². The van der Waals surface area contributed by atoms with E-state index in [0.717, 1.165) is 33.3 Å². The van der Waals surface area contributed by atoms with E-state index in [1.165, 1.54) is 18.4 Å². The van der Waals surface area contributed by atoms with Gasteiger partial charge in [-0.05, 0) is 74.6 Å². The van der Waals surface area contributed by atoms with Crippen LogP contribution in [0.4, 0.5) is 0 Å². The third-order valence-electron chi connectivity index (χ3n) is 3.84. The minimum atomic E-state index is -0.650. The lowest BCUT2D eigenvalue weighted by Crippen LogP contribution is -2.21. The first kappa shape index (κ1) is 14.5. The van der Waals surface area contributed by atoms with Gasteiger partial charge in [-0.15, -0.1) is 11.3 Å². The second-order valence-corrected chi connectivity index (χ2v) is 8.88. The molecule has 100 valence electrons. The summed E-state index contributed by atoms with van der Waals surface area (Å²) in [4.78, 5) is 11.0. The first-order valence-corrected chi connectivity index (χ1v) is 8.57. The van der Waals surface area contributed by atoms with Gasteiger partial charge in [0.25, 0.3) is 0 Å². The summed E-state index contributed by atoms with van der Waals surface area (Å²) in [5.74, 6) is -0.650. The minimum Gasteiger partial charge on any atom is -0.481 e. The summed E-state index contributed by atoms with van der Waals surface area (Å²) in [6.07, 6.45) is 6.79. The molecule has 1 fully saturated rings. The lowest BCUT2D eigenvalue weighted by molar-refractivity contribution is -0.139. The van der Waals surface area contributed by atoms with Crippen LogP contribution in [0.3, 0.4) is 0 Å². The topological polar surface area (TPSA) is 37.3 Å². The van der Waals surface area contributed by atoms with Crippen LogP contribution < -0.4 is 0 Å². The van der Waals surface area contributed by atoms with E-state index < -0.39 is 5.97 Å². The van der Waals surface area contributed by atoms with Gasteiger partial charge in [0.1, 0.15) is 0 Å². The van der Waals surface area contributed by atoms with Gasteiger partial charge in [0, 0.05) is 0 Å². The summed E-state index contributed by atoms with van der Waals surface area (Å²) in [6.45, 7) is 0. The lowest BCUT2D eigenvalue weighted by Gasteiger charge is -2.27. The average Bonchev–Trinajstić information content (AvgIpc) is 2.83. The van der Waals surface area contributed by atoms with Crippen LogP contribution in [0.15, 0.2) is 13.6 Å². The molecule has 1 aliphatic carbocycles. The van der Waals surface area contributed by atoms with Gasteiger partial charge in [-0.2, -0.15) is 0 Å². The summed E-state index contributed by atoms with van der Waals surface area (Å²) in [7, 11) is 0. The van der Waals surface area contributed by atoms with Crippen molar-refractivity contribution < 1.29 is 9.90 Å². The molecule has 0 radical (unpaired) electrons. The Bertz CT molecular complexity index is 436. The zero-order valence-electron chi connectivity index (χ0n) is 10.0. The molecule has 2 rings (SSSR count). The highest BCUT2D eigenvalue weighted by atomic mass is 79.9. The molecule has 1 N–H and O–H groups in total. The van der Waals surface area contributed by atoms with Crippen LogP contribution in [0.25, 0.3) is 0 Å². The number of hydrogen-bond acceptors (Lipinski definition) is 2. The van der Waals surface area contributed by atoms with Gasteiger partial charge in [0.15, 0.2) is 0 Å².